The number of fused-ring (bicyclic) bond motifs is 1. The molecular weight excluding hydrogens is 597 g/mol. The van der Waals surface area contributed by atoms with Crippen LogP contribution >= 0.6 is 34.8 Å². The van der Waals surface area contributed by atoms with E-state index in [-0.39, 0.29) is 6.10 Å². The Balaban J connectivity index is 1.05. The van der Waals surface area contributed by atoms with E-state index in [1.807, 2.05) is 19.2 Å². The van der Waals surface area contributed by atoms with Crippen LogP contribution in [0.2, 0.25) is 10.0 Å². The maximum atomic E-state index is 12.1. The quantitative estimate of drug-likeness (QED) is 0.183. The molecule has 0 saturated heterocycles. The second kappa shape index (κ2) is 10.9. The second-order valence-corrected chi connectivity index (χ2v) is 12.5. The van der Waals surface area contributed by atoms with E-state index in [0.29, 0.717) is 57.8 Å². The van der Waals surface area contributed by atoms with Crippen LogP contribution < -0.4 is 0 Å². The number of methoxy groups -OCH3 is 1. The maximum Gasteiger partial charge on any atom is 0.359 e. The van der Waals surface area contributed by atoms with Gasteiger partial charge in [0.2, 0.25) is 0 Å². The van der Waals surface area contributed by atoms with E-state index < -0.39 is 5.97 Å². The highest BCUT2D eigenvalue weighted by Crippen LogP contribution is 2.55. The highest BCUT2D eigenvalue weighted by atomic mass is 35.5. The topological polar surface area (TPSA) is 79.4 Å². The Labute approximate surface area is 258 Å². The molecule has 7 rings (SSSR count). The molecule has 10 heteroatoms. The fourth-order valence-electron chi connectivity index (χ4n) is 6.00. The number of rotatable bonds is 8. The molecule has 0 aliphatic heterocycles. The van der Waals surface area contributed by atoms with Gasteiger partial charge in [0.05, 0.1) is 35.4 Å². The van der Waals surface area contributed by atoms with Gasteiger partial charge in [0, 0.05) is 40.9 Å². The zero-order valence-electron chi connectivity index (χ0n) is 23.1. The Kier molecular flexibility index (Phi) is 7.17. The minimum absolute atomic E-state index is 0.169. The molecule has 0 spiro atoms. The van der Waals surface area contributed by atoms with Crippen LogP contribution in [0.4, 0.5) is 0 Å². The van der Waals surface area contributed by atoms with E-state index in [4.69, 9.17) is 48.8 Å². The number of esters is 1. The number of halogens is 3. The fraction of sp³-hybridized carbons (Fsp3) is 0.344. The monoisotopic (exact) mass is 623 g/mol. The highest BCUT2D eigenvalue weighted by molar-refractivity contribution is 6.39. The molecule has 42 heavy (non-hydrogen) atoms. The molecule has 3 aliphatic carbocycles. The van der Waals surface area contributed by atoms with Gasteiger partial charge in [0.1, 0.15) is 11.5 Å². The van der Waals surface area contributed by atoms with Crippen molar-refractivity contribution in [3.8, 4) is 11.3 Å². The van der Waals surface area contributed by atoms with E-state index in [2.05, 4.69) is 34.5 Å². The van der Waals surface area contributed by atoms with Crippen molar-refractivity contribution in [1.82, 2.24) is 14.9 Å². The van der Waals surface area contributed by atoms with Crippen LogP contribution in [0.25, 0.3) is 22.2 Å². The van der Waals surface area contributed by atoms with Crippen molar-refractivity contribution in [1.29, 1.82) is 0 Å². The summed E-state index contributed by atoms with van der Waals surface area (Å²) in [5.74, 6) is 1.47. The number of hydrogen-bond acceptors (Lipinski definition) is 6. The van der Waals surface area contributed by atoms with Gasteiger partial charge in [-0.15, -0.1) is 0 Å². The predicted molar refractivity (Wildman–Crippen MR) is 162 cm³/mol. The molecule has 0 N–H and O–H groups in total. The number of carbonyl (C=O) groups excluding carboxylic acids is 1. The van der Waals surface area contributed by atoms with Crippen molar-refractivity contribution in [2.75, 3.05) is 7.11 Å². The molecule has 0 radical (unpaired) electrons. The lowest BCUT2D eigenvalue weighted by Crippen LogP contribution is -2.14. The molecule has 7 nitrogen and oxygen atoms in total. The molecule has 2 aromatic carbocycles. The average Bonchev–Trinajstić information content (AvgIpc) is 3.91. The Morgan fingerprint density at radius 1 is 1.12 bits per heavy atom. The van der Waals surface area contributed by atoms with Crippen LogP contribution in [-0.2, 0) is 23.1 Å². The molecular formula is C32H28Cl3N3O4. The first-order chi connectivity index (χ1) is 20.3. The Hall–Kier alpha value is -3.10. The molecule has 0 amide bonds. The smallest absolute Gasteiger partial charge is 0.359 e. The minimum atomic E-state index is -0.435. The molecule has 2 aromatic heterocycles. The summed E-state index contributed by atoms with van der Waals surface area (Å²) in [4.78, 5) is 12.1. The number of benzene rings is 2. The van der Waals surface area contributed by atoms with Gasteiger partial charge < -0.3 is 14.0 Å². The lowest BCUT2D eigenvalue weighted by molar-refractivity contribution is 0.0595. The van der Waals surface area contributed by atoms with Gasteiger partial charge in [0.15, 0.2) is 5.69 Å². The molecule has 4 aromatic rings. The van der Waals surface area contributed by atoms with Crippen LogP contribution in [0.3, 0.4) is 0 Å². The summed E-state index contributed by atoms with van der Waals surface area (Å²) < 4.78 is 18.8. The van der Waals surface area contributed by atoms with Gasteiger partial charge in [-0.3, -0.25) is 4.68 Å². The standard InChI is InChI=1S/C32H28Cl3N3O4/c1-38-27-12-17(8-10-20(27)30(36-38)32(39)40-2)21-14-22(21)19-11-9-18(13-26(19)35)41-15-23-29(37-42-31(23)16-6-7-16)28-24(33)4-3-5-25(28)34/h3-5,8-12,16,18,21-22H,6-7,13-15H2,1-2H3. The molecule has 0 bridgehead atoms. The highest BCUT2D eigenvalue weighted by Gasteiger charge is 2.42. The Morgan fingerprint density at radius 3 is 2.62 bits per heavy atom. The van der Waals surface area contributed by atoms with Gasteiger partial charge in [-0.05, 0) is 60.4 Å². The fourth-order valence-corrected chi connectivity index (χ4v) is 6.93. The third kappa shape index (κ3) is 4.96. The van der Waals surface area contributed by atoms with E-state index in [1.165, 1.54) is 12.7 Å². The van der Waals surface area contributed by atoms with Crippen molar-refractivity contribution < 1.29 is 18.8 Å². The first kappa shape index (κ1) is 27.7. The van der Waals surface area contributed by atoms with Crippen molar-refractivity contribution in [2.24, 2.45) is 13.0 Å². The number of aromatic nitrogens is 3. The molecule has 3 atom stereocenters. The first-order valence-corrected chi connectivity index (χ1v) is 15.1. The zero-order chi connectivity index (χ0) is 29.1. The third-order valence-corrected chi connectivity index (χ3v) is 9.47. The Bertz CT molecular complexity index is 1760. The number of ether oxygens (including phenoxy) is 2. The van der Waals surface area contributed by atoms with E-state index >= 15 is 0 Å². The summed E-state index contributed by atoms with van der Waals surface area (Å²) in [6.45, 7) is 0.324. The van der Waals surface area contributed by atoms with Crippen LogP contribution in [0.5, 0.6) is 0 Å². The zero-order valence-corrected chi connectivity index (χ0v) is 25.3. The summed E-state index contributed by atoms with van der Waals surface area (Å²) in [5.41, 5.74) is 5.81. The van der Waals surface area contributed by atoms with Crippen molar-refractivity contribution in [2.45, 2.75) is 50.2 Å². The van der Waals surface area contributed by atoms with Gasteiger partial charge in [-0.1, -0.05) is 70.3 Å². The number of aryl methyl sites for hydroxylation is 1. The molecule has 216 valence electrons. The van der Waals surface area contributed by atoms with Gasteiger partial charge in [0.25, 0.3) is 0 Å². The maximum absolute atomic E-state index is 12.1. The molecule has 2 heterocycles. The number of carbonyl (C=O) groups is 1. The summed E-state index contributed by atoms with van der Waals surface area (Å²) in [6, 6.07) is 11.6. The predicted octanol–water partition coefficient (Wildman–Crippen LogP) is 8.34. The van der Waals surface area contributed by atoms with Gasteiger partial charge in [-0.2, -0.15) is 5.10 Å². The molecule has 3 unspecified atom stereocenters. The summed E-state index contributed by atoms with van der Waals surface area (Å²) in [7, 11) is 3.20. The largest absolute Gasteiger partial charge is 0.464 e. The summed E-state index contributed by atoms with van der Waals surface area (Å²) in [6.07, 6.45) is 7.80. The third-order valence-electron chi connectivity index (χ3n) is 8.46. The minimum Gasteiger partial charge on any atom is -0.464 e. The average molecular weight is 625 g/mol. The SMILES string of the molecule is COC(=O)c1nn(C)c2cc(C3CC3C3=C(Cl)CC(OCc4c(-c5c(Cl)cccc5Cl)noc4C4CC4)C=C3)ccc12. The Morgan fingerprint density at radius 2 is 1.90 bits per heavy atom. The van der Waals surface area contributed by atoms with Crippen molar-refractivity contribution >= 4 is 51.7 Å². The number of hydrogen-bond donors (Lipinski definition) is 0. The van der Waals surface area contributed by atoms with E-state index in [0.717, 1.165) is 52.1 Å². The van der Waals surface area contributed by atoms with Gasteiger partial charge >= 0.3 is 5.97 Å². The van der Waals surface area contributed by atoms with Crippen molar-refractivity contribution in [3.63, 3.8) is 0 Å². The normalized spacial score (nSPS) is 21.8. The second-order valence-electron chi connectivity index (χ2n) is 11.2. The molecule has 3 aliphatic rings. The van der Waals surface area contributed by atoms with Crippen LogP contribution in [0.15, 0.2) is 63.7 Å². The van der Waals surface area contributed by atoms with Crippen LogP contribution in [0.1, 0.15) is 64.9 Å². The molecule has 2 saturated carbocycles. The first-order valence-electron chi connectivity index (χ1n) is 14.0. The van der Waals surface area contributed by atoms with Crippen LogP contribution in [-0.4, -0.2) is 34.1 Å². The van der Waals surface area contributed by atoms with Gasteiger partial charge in [-0.25, -0.2) is 4.79 Å². The van der Waals surface area contributed by atoms with Crippen molar-refractivity contribution in [3.05, 3.63) is 91.8 Å². The van der Waals surface area contributed by atoms with Crippen LogP contribution in [0, 0.1) is 5.92 Å². The summed E-state index contributed by atoms with van der Waals surface area (Å²) >= 11 is 19.9. The lowest BCUT2D eigenvalue weighted by Gasteiger charge is -2.20. The number of nitrogens with zero attached hydrogens (tertiary/aromatic N) is 3. The van der Waals surface area contributed by atoms with E-state index in [1.54, 1.807) is 16.8 Å². The molecule has 2 fully saturated rings. The summed E-state index contributed by atoms with van der Waals surface area (Å²) in [5, 5.41) is 11.4. The number of allylic oxidation sites excluding steroid dienone is 2. The lowest BCUT2D eigenvalue weighted by atomic mass is 9.97. The van der Waals surface area contributed by atoms with E-state index in [9.17, 15) is 4.79 Å².